The van der Waals surface area contributed by atoms with Crippen molar-refractivity contribution >= 4 is 23.8 Å². The van der Waals surface area contributed by atoms with Crippen LogP contribution in [0.1, 0.15) is 33.6 Å². The third-order valence-electron chi connectivity index (χ3n) is 4.31. The number of nitrogens with zero attached hydrogens (tertiary/aromatic N) is 1. The molecule has 0 radical (unpaired) electrons. The van der Waals surface area contributed by atoms with E-state index in [1.807, 2.05) is 0 Å². The van der Waals surface area contributed by atoms with E-state index in [4.69, 9.17) is 0 Å². The Hall–Kier alpha value is -2.90. The lowest BCUT2D eigenvalue weighted by atomic mass is 9.87. The highest BCUT2D eigenvalue weighted by atomic mass is 16.4. The van der Waals surface area contributed by atoms with E-state index in [9.17, 15) is 24.3 Å². The summed E-state index contributed by atoms with van der Waals surface area (Å²) in [5.41, 5.74) is -0.888. The number of nitrogens with one attached hydrogen (secondary N) is 2. The van der Waals surface area contributed by atoms with Crippen LogP contribution in [-0.4, -0.2) is 52.4 Å². The molecule has 2 aliphatic rings. The summed E-state index contributed by atoms with van der Waals surface area (Å²) in [6, 6.07) is 5.50. The van der Waals surface area contributed by atoms with Gasteiger partial charge in [0.25, 0.3) is 11.8 Å². The summed E-state index contributed by atoms with van der Waals surface area (Å²) < 4.78 is 0. The molecule has 0 saturated carbocycles. The fourth-order valence-corrected chi connectivity index (χ4v) is 3.00. The molecule has 8 nitrogen and oxygen atoms in total. The number of hydrogen-bond donors (Lipinski definition) is 3. The zero-order valence-corrected chi connectivity index (χ0v) is 12.2. The first-order valence-corrected chi connectivity index (χ1v) is 7.18. The Kier molecular flexibility index (Phi) is 3.51. The third kappa shape index (κ3) is 2.52. The van der Waals surface area contributed by atoms with Gasteiger partial charge in [-0.3, -0.25) is 14.9 Å². The number of rotatable bonds is 2. The molecule has 0 bridgehead atoms. The summed E-state index contributed by atoms with van der Waals surface area (Å²) in [7, 11) is 0. The summed E-state index contributed by atoms with van der Waals surface area (Å²) in [4.78, 5) is 48.4. The zero-order valence-electron chi connectivity index (χ0n) is 12.2. The Morgan fingerprint density at radius 3 is 2.22 bits per heavy atom. The molecule has 0 aromatic heterocycles. The van der Waals surface area contributed by atoms with Crippen molar-refractivity contribution in [3.63, 3.8) is 0 Å². The van der Waals surface area contributed by atoms with Crippen molar-refractivity contribution in [2.24, 2.45) is 0 Å². The smallest absolute Gasteiger partial charge is 0.336 e. The molecule has 0 aliphatic carbocycles. The Balaban J connectivity index is 1.76. The second kappa shape index (κ2) is 5.38. The van der Waals surface area contributed by atoms with Crippen molar-refractivity contribution in [2.75, 3.05) is 13.1 Å². The second-order valence-electron chi connectivity index (χ2n) is 5.63. The van der Waals surface area contributed by atoms with E-state index in [-0.39, 0.29) is 36.0 Å². The normalized spacial score (nSPS) is 19.4. The van der Waals surface area contributed by atoms with Crippen molar-refractivity contribution in [1.29, 1.82) is 0 Å². The number of carboxylic acid groups (broad SMARTS) is 1. The quantitative estimate of drug-likeness (QED) is 0.674. The number of urea groups is 1. The predicted octanol–water partition coefficient (Wildman–Crippen LogP) is 0.199. The van der Waals surface area contributed by atoms with E-state index in [2.05, 4.69) is 10.6 Å². The van der Waals surface area contributed by atoms with Gasteiger partial charge in [0.05, 0.1) is 11.1 Å². The fraction of sp³-hybridized carbons (Fsp3) is 0.333. The molecule has 23 heavy (non-hydrogen) atoms. The monoisotopic (exact) mass is 317 g/mol. The molecule has 3 rings (SSSR count). The van der Waals surface area contributed by atoms with Crippen LogP contribution in [0.2, 0.25) is 0 Å². The molecular formula is C15H15N3O5. The maximum Gasteiger partial charge on any atom is 0.336 e. The van der Waals surface area contributed by atoms with Crippen LogP contribution >= 0.6 is 0 Å². The number of piperidine rings is 1. The van der Waals surface area contributed by atoms with E-state index in [1.165, 1.54) is 17.0 Å². The molecule has 2 saturated heterocycles. The van der Waals surface area contributed by atoms with Gasteiger partial charge in [-0.25, -0.2) is 9.59 Å². The van der Waals surface area contributed by atoms with Crippen molar-refractivity contribution in [3.05, 3.63) is 35.4 Å². The molecule has 3 N–H and O–H groups in total. The van der Waals surface area contributed by atoms with Gasteiger partial charge in [0, 0.05) is 13.1 Å². The third-order valence-corrected chi connectivity index (χ3v) is 4.31. The molecule has 1 spiro atoms. The van der Waals surface area contributed by atoms with E-state index < -0.39 is 17.5 Å². The number of likely N-dealkylation sites (tertiary alicyclic amines) is 1. The fourth-order valence-electron chi connectivity index (χ4n) is 3.00. The van der Waals surface area contributed by atoms with Gasteiger partial charge >= 0.3 is 12.0 Å². The van der Waals surface area contributed by atoms with E-state index >= 15 is 0 Å². The molecule has 0 unspecified atom stereocenters. The molecular weight excluding hydrogens is 302 g/mol. The summed E-state index contributed by atoms with van der Waals surface area (Å²) >= 11 is 0. The van der Waals surface area contributed by atoms with Gasteiger partial charge in [-0.2, -0.15) is 0 Å². The van der Waals surface area contributed by atoms with Gasteiger partial charge in [-0.05, 0) is 25.0 Å². The first-order chi connectivity index (χ1) is 10.9. The van der Waals surface area contributed by atoms with E-state index in [0.717, 1.165) is 0 Å². The number of benzene rings is 1. The predicted molar refractivity (Wildman–Crippen MR) is 77.9 cm³/mol. The van der Waals surface area contributed by atoms with Crippen LogP contribution in [0, 0.1) is 0 Å². The number of aromatic carboxylic acids is 1. The minimum Gasteiger partial charge on any atom is -0.478 e. The van der Waals surface area contributed by atoms with Crippen LogP contribution in [0.3, 0.4) is 0 Å². The SMILES string of the molecule is O=C1NC(=O)C2(CCN(C(=O)c3ccccc3C(=O)O)CC2)N1. The number of carbonyl (C=O) groups is 4. The molecule has 1 aromatic rings. The van der Waals surface area contributed by atoms with Gasteiger partial charge in [-0.15, -0.1) is 0 Å². The van der Waals surface area contributed by atoms with Gasteiger partial charge in [0.2, 0.25) is 0 Å². The van der Waals surface area contributed by atoms with Crippen LogP contribution in [0.5, 0.6) is 0 Å². The number of amides is 4. The Morgan fingerprint density at radius 2 is 1.70 bits per heavy atom. The molecule has 8 heteroatoms. The van der Waals surface area contributed by atoms with Crippen LogP contribution in [0.15, 0.2) is 24.3 Å². The maximum absolute atomic E-state index is 12.5. The average molecular weight is 317 g/mol. The van der Waals surface area contributed by atoms with Crippen molar-refractivity contribution in [3.8, 4) is 0 Å². The highest BCUT2D eigenvalue weighted by Gasteiger charge is 2.48. The second-order valence-corrected chi connectivity index (χ2v) is 5.63. The zero-order chi connectivity index (χ0) is 16.6. The first kappa shape index (κ1) is 15.0. The number of carboxylic acids is 1. The Bertz CT molecular complexity index is 707. The molecule has 120 valence electrons. The Morgan fingerprint density at radius 1 is 1.09 bits per heavy atom. The first-order valence-electron chi connectivity index (χ1n) is 7.18. The standard InChI is InChI=1S/C15H15N3O5/c19-11(9-3-1-2-4-10(9)12(20)21)18-7-5-15(6-8-18)13(22)16-14(23)17-15/h1-4H,5-8H2,(H,20,21)(H2,16,17,22,23). The topological polar surface area (TPSA) is 116 Å². The average Bonchev–Trinajstić information content (AvgIpc) is 2.81. The minimum absolute atomic E-state index is 0.0512. The Labute approximate surface area is 131 Å². The lowest BCUT2D eigenvalue weighted by Gasteiger charge is -2.37. The van der Waals surface area contributed by atoms with Gasteiger partial charge < -0.3 is 15.3 Å². The molecule has 1 aromatic carbocycles. The molecule has 2 fully saturated rings. The van der Waals surface area contributed by atoms with Gasteiger partial charge in [0.15, 0.2) is 0 Å². The van der Waals surface area contributed by atoms with E-state index in [0.29, 0.717) is 12.8 Å². The highest BCUT2D eigenvalue weighted by Crippen LogP contribution is 2.26. The highest BCUT2D eigenvalue weighted by molar-refractivity contribution is 6.07. The van der Waals surface area contributed by atoms with Crippen LogP contribution in [0.25, 0.3) is 0 Å². The lowest BCUT2D eigenvalue weighted by Crippen LogP contribution is -2.55. The molecule has 2 heterocycles. The van der Waals surface area contributed by atoms with E-state index in [1.54, 1.807) is 12.1 Å². The minimum atomic E-state index is -1.16. The lowest BCUT2D eigenvalue weighted by molar-refractivity contribution is -0.125. The summed E-state index contributed by atoms with van der Waals surface area (Å²) in [6.45, 7) is 0.529. The number of imide groups is 1. The molecule has 2 aliphatic heterocycles. The van der Waals surface area contributed by atoms with Gasteiger partial charge in [0.1, 0.15) is 5.54 Å². The van der Waals surface area contributed by atoms with Gasteiger partial charge in [-0.1, -0.05) is 12.1 Å². The summed E-state index contributed by atoms with van der Waals surface area (Å²) in [6.07, 6.45) is 0.594. The number of hydrogen-bond acceptors (Lipinski definition) is 4. The number of carbonyl (C=O) groups excluding carboxylic acids is 3. The largest absolute Gasteiger partial charge is 0.478 e. The van der Waals surface area contributed by atoms with Crippen molar-refractivity contribution < 1.29 is 24.3 Å². The van der Waals surface area contributed by atoms with Crippen LogP contribution in [-0.2, 0) is 4.79 Å². The van der Waals surface area contributed by atoms with Crippen LogP contribution < -0.4 is 10.6 Å². The molecule has 0 atom stereocenters. The summed E-state index contributed by atoms with van der Waals surface area (Å²) in [5, 5.41) is 14.0. The molecule has 4 amide bonds. The van der Waals surface area contributed by atoms with Crippen molar-refractivity contribution in [1.82, 2.24) is 15.5 Å². The summed E-state index contributed by atoms with van der Waals surface area (Å²) in [5.74, 6) is -1.92. The van der Waals surface area contributed by atoms with Crippen molar-refractivity contribution in [2.45, 2.75) is 18.4 Å². The maximum atomic E-state index is 12.5. The van der Waals surface area contributed by atoms with Crippen LogP contribution in [0.4, 0.5) is 4.79 Å².